The molecule has 3 rings (SSSR count). The van der Waals surface area contributed by atoms with Gasteiger partial charge in [0.25, 0.3) is 0 Å². The van der Waals surface area contributed by atoms with Crippen LogP contribution in [0.15, 0.2) is 29.3 Å². The predicted octanol–water partition coefficient (Wildman–Crippen LogP) is 2.59. The molecule has 0 radical (unpaired) electrons. The summed E-state index contributed by atoms with van der Waals surface area (Å²) in [6, 6.07) is 7.41. The SMILES string of the molecule is CCCC1(CC)C(=O)NC2=NCN(c3ccc(Cl)cc3)CN2C1=O. The van der Waals surface area contributed by atoms with Gasteiger partial charge in [-0.05, 0) is 37.1 Å². The zero-order chi connectivity index (χ0) is 17.3. The molecule has 1 N–H and O–H groups in total. The van der Waals surface area contributed by atoms with Crippen LogP contribution in [0.25, 0.3) is 0 Å². The minimum absolute atomic E-state index is 0.159. The van der Waals surface area contributed by atoms with E-state index in [1.807, 2.05) is 43.0 Å². The van der Waals surface area contributed by atoms with Gasteiger partial charge in [-0.2, -0.15) is 0 Å². The Hall–Kier alpha value is -2.08. The van der Waals surface area contributed by atoms with Crippen LogP contribution in [0.1, 0.15) is 33.1 Å². The number of hydrogen-bond acceptors (Lipinski definition) is 4. The van der Waals surface area contributed by atoms with E-state index in [4.69, 9.17) is 11.6 Å². The molecular formula is C17H21ClN4O2. The number of carbonyl (C=O) groups is 2. The molecule has 7 heteroatoms. The fourth-order valence-electron chi connectivity index (χ4n) is 3.32. The number of hydrogen-bond donors (Lipinski definition) is 1. The van der Waals surface area contributed by atoms with Gasteiger partial charge in [-0.1, -0.05) is 31.9 Å². The lowest BCUT2D eigenvalue weighted by Crippen LogP contribution is -2.67. The maximum absolute atomic E-state index is 13.1. The van der Waals surface area contributed by atoms with Crippen molar-refractivity contribution in [2.75, 3.05) is 18.2 Å². The van der Waals surface area contributed by atoms with Gasteiger partial charge in [0.05, 0.1) is 0 Å². The quantitative estimate of drug-likeness (QED) is 0.850. The Balaban J connectivity index is 1.89. The summed E-state index contributed by atoms with van der Waals surface area (Å²) >= 11 is 5.93. The molecule has 0 aromatic heterocycles. The summed E-state index contributed by atoms with van der Waals surface area (Å²) in [5, 5.41) is 3.49. The van der Waals surface area contributed by atoms with E-state index in [0.717, 1.165) is 12.1 Å². The second-order valence-corrected chi connectivity index (χ2v) is 6.59. The Bertz CT molecular complexity index is 688. The topological polar surface area (TPSA) is 65.0 Å². The summed E-state index contributed by atoms with van der Waals surface area (Å²) in [6.45, 7) is 4.62. The molecule has 0 saturated carbocycles. The van der Waals surface area contributed by atoms with Crippen LogP contribution in [0, 0.1) is 5.41 Å². The fourth-order valence-corrected chi connectivity index (χ4v) is 3.44. The van der Waals surface area contributed by atoms with Crippen LogP contribution >= 0.6 is 11.6 Å². The average molecular weight is 349 g/mol. The number of nitrogens with one attached hydrogen (secondary N) is 1. The minimum Gasteiger partial charge on any atom is -0.334 e. The van der Waals surface area contributed by atoms with E-state index in [-0.39, 0.29) is 11.8 Å². The van der Waals surface area contributed by atoms with Crippen LogP contribution in [-0.4, -0.2) is 36.0 Å². The first-order valence-corrected chi connectivity index (χ1v) is 8.58. The molecular weight excluding hydrogens is 328 g/mol. The molecule has 1 unspecified atom stereocenters. The molecule has 2 aliphatic rings. The van der Waals surface area contributed by atoms with E-state index >= 15 is 0 Å². The first-order chi connectivity index (χ1) is 11.5. The second-order valence-electron chi connectivity index (χ2n) is 6.15. The zero-order valence-electron chi connectivity index (χ0n) is 13.9. The van der Waals surface area contributed by atoms with Crippen molar-refractivity contribution in [3.05, 3.63) is 29.3 Å². The van der Waals surface area contributed by atoms with Crippen LogP contribution in [0.5, 0.6) is 0 Å². The maximum atomic E-state index is 13.1. The molecule has 2 heterocycles. The molecule has 1 aromatic carbocycles. The van der Waals surface area contributed by atoms with Crippen LogP contribution in [0.4, 0.5) is 5.69 Å². The molecule has 0 aliphatic carbocycles. The van der Waals surface area contributed by atoms with Gasteiger partial charge in [0, 0.05) is 10.7 Å². The lowest BCUT2D eigenvalue weighted by molar-refractivity contribution is -0.151. The number of benzene rings is 1. The van der Waals surface area contributed by atoms with Crippen molar-refractivity contribution in [2.24, 2.45) is 10.4 Å². The van der Waals surface area contributed by atoms with Crippen molar-refractivity contribution >= 4 is 35.1 Å². The number of amides is 2. The molecule has 128 valence electrons. The molecule has 2 aliphatic heterocycles. The molecule has 1 saturated heterocycles. The number of halogens is 1. The molecule has 6 nitrogen and oxygen atoms in total. The van der Waals surface area contributed by atoms with Crippen molar-refractivity contribution in [1.82, 2.24) is 10.2 Å². The van der Waals surface area contributed by atoms with Crippen LogP contribution < -0.4 is 10.2 Å². The number of aliphatic imine (C=N–C) groups is 1. The fraction of sp³-hybridized carbons (Fsp3) is 0.471. The maximum Gasteiger partial charge on any atom is 0.246 e. The third kappa shape index (κ3) is 2.65. The van der Waals surface area contributed by atoms with Crippen LogP contribution in [-0.2, 0) is 9.59 Å². The standard InChI is InChI=1S/C17H21ClN4O2/c1-3-9-17(4-2)14(23)20-16-19-10-21(11-22(16)15(17)24)13-7-5-12(18)6-8-13/h5-8H,3-4,9-11H2,1-2H3,(H,19,20,23). The van der Waals surface area contributed by atoms with Gasteiger partial charge in [-0.25, -0.2) is 4.99 Å². The summed E-state index contributed by atoms with van der Waals surface area (Å²) in [5.74, 6) is -0.0322. The molecule has 0 spiro atoms. The number of fused-ring (bicyclic) bond motifs is 1. The zero-order valence-corrected chi connectivity index (χ0v) is 14.6. The van der Waals surface area contributed by atoms with E-state index in [1.165, 1.54) is 0 Å². The Morgan fingerprint density at radius 1 is 1.25 bits per heavy atom. The van der Waals surface area contributed by atoms with E-state index < -0.39 is 5.41 Å². The number of rotatable bonds is 4. The van der Waals surface area contributed by atoms with Gasteiger partial charge in [0.15, 0.2) is 0 Å². The van der Waals surface area contributed by atoms with Gasteiger partial charge >= 0.3 is 0 Å². The van der Waals surface area contributed by atoms with Gasteiger partial charge < -0.3 is 4.90 Å². The number of guanidine groups is 1. The summed E-state index contributed by atoms with van der Waals surface area (Å²) < 4.78 is 0. The van der Waals surface area contributed by atoms with E-state index in [2.05, 4.69) is 10.3 Å². The smallest absolute Gasteiger partial charge is 0.246 e. The monoisotopic (exact) mass is 348 g/mol. The molecule has 1 aromatic rings. The van der Waals surface area contributed by atoms with Crippen molar-refractivity contribution in [2.45, 2.75) is 33.1 Å². The predicted molar refractivity (Wildman–Crippen MR) is 93.7 cm³/mol. The third-order valence-corrected chi connectivity index (χ3v) is 5.00. The summed E-state index contributed by atoms with van der Waals surface area (Å²) in [7, 11) is 0. The average Bonchev–Trinajstić information content (AvgIpc) is 2.59. The highest BCUT2D eigenvalue weighted by Gasteiger charge is 2.52. The molecule has 0 bridgehead atoms. The first-order valence-electron chi connectivity index (χ1n) is 8.20. The molecule has 1 atom stereocenters. The lowest BCUT2D eigenvalue weighted by Gasteiger charge is -2.44. The minimum atomic E-state index is -0.989. The first kappa shape index (κ1) is 16.8. The van der Waals surface area contributed by atoms with E-state index in [0.29, 0.717) is 37.2 Å². The van der Waals surface area contributed by atoms with Gasteiger partial charge in [0.1, 0.15) is 18.8 Å². The molecule has 1 fully saturated rings. The van der Waals surface area contributed by atoms with E-state index in [1.54, 1.807) is 4.90 Å². The van der Waals surface area contributed by atoms with E-state index in [9.17, 15) is 9.59 Å². The Labute approximate surface area is 146 Å². The molecule has 24 heavy (non-hydrogen) atoms. The van der Waals surface area contributed by atoms with Crippen molar-refractivity contribution in [3.8, 4) is 0 Å². The van der Waals surface area contributed by atoms with Crippen molar-refractivity contribution in [3.63, 3.8) is 0 Å². The largest absolute Gasteiger partial charge is 0.334 e. The summed E-state index contributed by atoms with van der Waals surface area (Å²) in [4.78, 5) is 33.5. The van der Waals surface area contributed by atoms with Gasteiger partial charge in [-0.15, -0.1) is 0 Å². The Kier molecular flexibility index (Phi) is 4.49. The second kappa shape index (κ2) is 6.43. The lowest BCUT2D eigenvalue weighted by atomic mass is 9.77. The van der Waals surface area contributed by atoms with Crippen LogP contribution in [0.3, 0.4) is 0 Å². The number of anilines is 1. The third-order valence-electron chi connectivity index (χ3n) is 4.75. The van der Waals surface area contributed by atoms with Gasteiger partial charge in [0.2, 0.25) is 17.8 Å². The van der Waals surface area contributed by atoms with Crippen LogP contribution in [0.2, 0.25) is 5.02 Å². The highest BCUT2D eigenvalue weighted by Crippen LogP contribution is 2.35. The number of carbonyl (C=O) groups excluding carboxylic acids is 2. The Morgan fingerprint density at radius 3 is 2.58 bits per heavy atom. The summed E-state index contributed by atoms with van der Waals surface area (Å²) in [6.07, 6.45) is 1.79. The van der Waals surface area contributed by atoms with Gasteiger partial charge in [-0.3, -0.25) is 19.8 Å². The Morgan fingerprint density at radius 2 is 1.96 bits per heavy atom. The van der Waals surface area contributed by atoms with Crippen molar-refractivity contribution in [1.29, 1.82) is 0 Å². The van der Waals surface area contributed by atoms with Crippen molar-refractivity contribution < 1.29 is 9.59 Å². The molecule has 2 amide bonds. The number of nitrogens with zero attached hydrogens (tertiary/aromatic N) is 3. The highest BCUT2D eigenvalue weighted by atomic mass is 35.5. The summed E-state index contributed by atoms with van der Waals surface area (Å²) in [5.41, 5.74) is -0.0546. The highest BCUT2D eigenvalue weighted by molar-refractivity contribution is 6.30. The normalized spacial score (nSPS) is 23.7.